The lowest BCUT2D eigenvalue weighted by atomic mass is 9.89. The van der Waals surface area contributed by atoms with Crippen molar-refractivity contribution in [2.45, 2.75) is 50.1 Å². The fourth-order valence-corrected chi connectivity index (χ4v) is 3.44. The van der Waals surface area contributed by atoms with Crippen LogP contribution in [0.3, 0.4) is 0 Å². The van der Waals surface area contributed by atoms with Gasteiger partial charge in [-0.2, -0.15) is 0 Å². The minimum atomic E-state index is -0.592. The zero-order valence-corrected chi connectivity index (χ0v) is 10.7. The molecule has 2 saturated carbocycles. The molecule has 0 bridgehead atoms. The Kier molecular flexibility index (Phi) is 2.68. The number of nitrogens with zero attached hydrogens (tertiary/aromatic N) is 1. The van der Waals surface area contributed by atoms with Gasteiger partial charge in [-0.15, -0.1) is 6.58 Å². The first-order valence-corrected chi connectivity index (χ1v) is 6.92. The Morgan fingerprint density at radius 1 is 1.33 bits per heavy atom. The van der Waals surface area contributed by atoms with Gasteiger partial charge in [0.1, 0.15) is 11.6 Å². The molecule has 1 unspecified atom stereocenters. The highest BCUT2D eigenvalue weighted by Gasteiger charge is 2.54. The number of hydrogen-bond acceptors (Lipinski definition) is 2. The van der Waals surface area contributed by atoms with Gasteiger partial charge in [0.15, 0.2) is 0 Å². The fraction of sp³-hybridized carbons (Fsp3) is 0.714. The normalized spacial score (nSPS) is 30.7. The van der Waals surface area contributed by atoms with Crippen LogP contribution in [0.5, 0.6) is 0 Å². The molecule has 3 rings (SSSR count). The van der Waals surface area contributed by atoms with Gasteiger partial charge in [-0.05, 0) is 31.6 Å². The molecule has 1 heterocycles. The molecule has 1 atom stereocenters. The van der Waals surface area contributed by atoms with Crippen molar-refractivity contribution in [3.8, 4) is 0 Å². The molecule has 0 aromatic heterocycles. The van der Waals surface area contributed by atoms with Crippen LogP contribution >= 0.6 is 0 Å². The summed E-state index contributed by atoms with van der Waals surface area (Å²) in [7, 11) is 0. The third-order valence-electron chi connectivity index (χ3n) is 4.49. The minimum absolute atomic E-state index is 0.0563. The van der Waals surface area contributed by atoms with Crippen molar-refractivity contribution < 1.29 is 9.59 Å². The number of piperazine rings is 1. The van der Waals surface area contributed by atoms with Gasteiger partial charge in [0, 0.05) is 6.54 Å². The molecule has 3 fully saturated rings. The monoisotopic (exact) mass is 248 g/mol. The van der Waals surface area contributed by atoms with Crippen LogP contribution in [0, 0.1) is 5.92 Å². The Morgan fingerprint density at radius 3 is 2.56 bits per heavy atom. The van der Waals surface area contributed by atoms with Crippen LogP contribution < -0.4 is 5.32 Å². The van der Waals surface area contributed by atoms with E-state index in [2.05, 4.69) is 11.9 Å². The lowest BCUT2D eigenvalue weighted by Gasteiger charge is -2.44. The van der Waals surface area contributed by atoms with Crippen molar-refractivity contribution in [1.82, 2.24) is 10.2 Å². The van der Waals surface area contributed by atoms with E-state index in [0.29, 0.717) is 12.5 Å². The Bertz CT molecular complexity index is 395. The molecule has 4 heteroatoms. The van der Waals surface area contributed by atoms with E-state index >= 15 is 0 Å². The topological polar surface area (TPSA) is 49.4 Å². The second-order valence-electron chi connectivity index (χ2n) is 5.81. The first-order valence-electron chi connectivity index (χ1n) is 6.92. The third-order valence-corrected chi connectivity index (χ3v) is 4.49. The molecular formula is C14H20N2O2. The van der Waals surface area contributed by atoms with Gasteiger partial charge in [-0.25, -0.2) is 0 Å². The number of nitrogens with one attached hydrogen (secondary N) is 1. The molecule has 18 heavy (non-hydrogen) atoms. The molecule has 2 amide bonds. The van der Waals surface area contributed by atoms with Crippen LogP contribution in [0.1, 0.15) is 38.5 Å². The summed E-state index contributed by atoms with van der Waals surface area (Å²) in [5.41, 5.74) is -0.592. The molecular weight excluding hydrogens is 228 g/mol. The predicted molar refractivity (Wildman–Crippen MR) is 67.8 cm³/mol. The molecule has 2 aliphatic carbocycles. The van der Waals surface area contributed by atoms with E-state index in [-0.39, 0.29) is 17.9 Å². The van der Waals surface area contributed by atoms with Crippen LogP contribution in [-0.2, 0) is 9.59 Å². The van der Waals surface area contributed by atoms with Crippen molar-refractivity contribution >= 4 is 11.8 Å². The van der Waals surface area contributed by atoms with Crippen LogP contribution in [0.25, 0.3) is 0 Å². The van der Waals surface area contributed by atoms with E-state index in [1.807, 2.05) is 0 Å². The van der Waals surface area contributed by atoms with E-state index in [9.17, 15) is 9.59 Å². The third kappa shape index (κ3) is 1.66. The molecule has 1 saturated heterocycles. The first kappa shape index (κ1) is 11.8. The quantitative estimate of drug-likeness (QED) is 0.763. The van der Waals surface area contributed by atoms with E-state index in [0.717, 1.165) is 38.5 Å². The van der Waals surface area contributed by atoms with E-state index in [4.69, 9.17) is 0 Å². The maximum atomic E-state index is 12.7. The van der Waals surface area contributed by atoms with Crippen LogP contribution in [0.2, 0.25) is 0 Å². The van der Waals surface area contributed by atoms with Crippen LogP contribution in [-0.4, -0.2) is 34.8 Å². The average Bonchev–Trinajstić information content (AvgIpc) is 3.06. The Labute approximate surface area is 107 Å². The number of hydrogen-bond donors (Lipinski definition) is 1. The molecule has 3 aliphatic rings. The van der Waals surface area contributed by atoms with Crippen molar-refractivity contribution in [1.29, 1.82) is 0 Å². The maximum absolute atomic E-state index is 12.7. The highest BCUT2D eigenvalue weighted by Crippen LogP contribution is 2.41. The number of carbonyl (C=O) groups is 2. The molecule has 0 aromatic carbocycles. The number of amides is 2. The van der Waals surface area contributed by atoms with Crippen molar-refractivity contribution in [3.05, 3.63) is 12.7 Å². The molecule has 1 aliphatic heterocycles. The molecule has 1 N–H and O–H groups in total. The van der Waals surface area contributed by atoms with E-state index in [1.165, 1.54) is 0 Å². The predicted octanol–water partition coefficient (Wildman–Crippen LogP) is 1.22. The smallest absolute Gasteiger partial charge is 0.249 e. The zero-order valence-electron chi connectivity index (χ0n) is 10.7. The first-order chi connectivity index (χ1) is 8.68. The largest absolute Gasteiger partial charge is 0.340 e. The summed E-state index contributed by atoms with van der Waals surface area (Å²) >= 11 is 0. The Hall–Kier alpha value is -1.32. The summed E-state index contributed by atoms with van der Waals surface area (Å²) in [6.45, 7) is 4.21. The number of carbonyl (C=O) groups excluding carboxylic acids is 2. The van der Waals surface area contributed by atoms with Gasteiger partial charge in [0.2, 0.25) is 11.8 Å². The van der Waals surface area contributed by atoms with Gasteiger partial charge in [-0.1, -0.05) is 18.9 Å². The van der Waals surface area contributed by atoms with Gasteiger partial charge >= 0.3 is 0 Å². The highest BCUT2D eigenvalue weighted by atomic mass is 16.2. The SMILES string of the molecule is C=CCN1C(=O)C2(CCCC2)NC(=O)C1C1CC1. The molecule has 1 spiro atoms. The highest BCUT2D eigenvalue weighted by molar-refractivity contribution is 6.00. The van der Waals surface area contributed by atoms with Crippen molar-refractivity contribution in [2.24, 2.45) is 5.92 Å². The zero-order chi connectivity index (χ0) is 12.8. The maximum Gasteiger partial charge on any atom is 0.249 e. The summed E-state index contributed by atoms with van der Waals surface area (Å²) in [5.74, 6) is 0.546. The summed E-state index contributed by atoms with van der Waals surface area (Å²) in [5, 5.41) is 3.04. The Balaban J connectivity index is 1.90. The van der Waals surface area contributed by atoms with Crippen molar-refractivity contribution in [2.75, 3.05) is 6.54 Å². The van der Waals surface area contributed by atoms with Crippen molar-refractivity contribution in [3.63, 3.8) is 0 Å². The van der Waals surface area contributed by atoms with Gasteiger partial charge < -0.3 is 10.2 Å². The second-order valence-corrected chi connectivity index (χ2v) is 5.81. The summed E-state index contributed by atoms with van der Waals surface area (Å²) < 4.78 is 0. The minimum Gasteiger partial charge on any atom is -0.340 e. The molecule has 0 radical (unpaired) electrons. The summed E-state index contributed by atoms with van der Waals surface area (Å²) in [6, 6.07) is -0.248. The second kappa shape index (κ2) is 4.11. The molecule has 4 nitrogen and oxygen atoms in total. The summed E-state index contributed by atoms with van der Waals surface area (Å²) in [6.07, 6.45) is 7.50. The van der Waals surface area contributed by atoms with Gasteiger partial charge in [0.25, 0.3) is 0 Å². The van der Waals surface area contributed by atoms with E-state index in [1.54, 1.807) is 11.0 Å². The lowest BCUT2D eigenvalue weighted by molar-refractivity contribution is -0.155. The standard InChI is InChI=1S/C14H20N2O2/c1-2-9-16-11(10-5-6-10)12(17)15-14(13(16)18)7-3-4-8-14/h2,10-11H,1,3-9H2,(H,15,17). The molecule has 98 valence electrons. The average molecular weight is 248 g/mol. The van der Waals surface area contributed by atoms with E-state index < -0.39 is 5.54 Å². The van der Waals surface area contributed by atoms with Crippen LogP contribution in [0.4, 0.5) is 0 Å². The Morgan fingerprint density at radius 2 is 2.00 bits per heavy atom. The van der Waals surface area contributed by atoms with Crippen LogP contribution in [0.15, 0.2) is 12.7 Å². The van der Waals surface area contributed by atoms with Gasteiger partial charge in [0.05, 0.1) is 0 Å². The number of rotatable bonds is 3. The summed E-state index contributed by atoms with van der Waals surface area (Å²) in [4.78, 5) is 26.8. The fourth-order valence-electron chi connectivity index (χ4n) is 3.44. The molecule has 0 aromatic rings. The lowest BCUT2D eigenvalue weighted by Crippen LogP contribution is -2.69. The van der Waals surface area contributed by atoms with Gasteiger partial charge in [-0.3, -0.25) is 9.59 Å².